The summed E-state index contributed by atoms with van der Waals surface area (Å²) >= 11 is 1.80. The molecule has 4 heteroatoms. The van der Waals surface area contributed by atoms with E-state index in [0.29, 0.717) is 0 Å². The zero-order valence-corrected chi connectivity index (χ0v) is 22.3. The Morgan fingerprint density at radius 3 is 1.25 bits per heavy atom. The van der Waals surface area contributed by atoms with Gasteiger partial charge < -0.3 is 24.8 Å². The van der Waals surface area contributed by atoms with Crippen LogP contribution in [0.1, 0.15) is 24.0 Å². The molecule has 28 heavy (non-hydrogen) atoms. The van der Waals surface area contributed by atoms with E-state index >= 15 is 0 Å². The van der Waals surface area contributed by atoms with Crippen LogP contribution in [-0.2, 0) is 21.6 Å². The Morgan fingerprint density at radius 2 is 1.00 bits per heavy atom. The molecule has 2 aliphatic rings. The summed E-state index contributed by atoms with van der Waals surface area (Å²) in [4.78, 5) is 0. The first-order valence-corrected chi connectivity index (χ1v) is 20.5. The minimum absolute atomic E-state index is 0. The van der Waals surface area contributed by atoms with Crippen LogP contribution in [0.4, 0.5) is 0 Å². The van der Waals surface area contributed by atoms with Crippen molar-refractivity contribution in [3.8, 4) is 0 Å². The second-order valence-electron chi connectivity index (χ2n) is 6.16. The fourth-order valence-corrected chi connectivity index (χ4v) is 2.46. The van der Waals surface area contributed by atoms with Crippen molar-refractivity contribution in [3.63, 3.8) is 0 Å². The van der Waals surface area contributed by atoms with Crippen molar-refractivity contribution in [2.45, 2.75) is 24.4 Å². The van der Waals surface area contributed by atoms with Gasteiger partial charge in [-0.2, -0.15) is 23.3 Å². The van der Waals surface area contributed by atoms with E-state index in [1.807, 2.05) is 12.1 Å². The molecule has 0 saturated carbocycles. The molecule has 144 valence electrons. The van der Waals surface area contributed by atoms with Gasteiger partial charge in [0.2, 0.25) is 0 Å². The van der Waals surface area contributed by atoms with Crippen molar-refractivity contribution in [1.82, 2.24) is 0 Å². The maximum Gasteiger partial charge on any atom is -1.00 e. The van der Waals surface area contributed by atoms with E-state index in [2.05, 4.69) is 96.5 Å². The molecule has 2 aromatic carbocycles. The third kappa shape index (κ3) is 10.8. The van der Waals surface area contributed by atoms with Gasteiger partial charge in [-0.3, -0.25) is 12.2 Å². The smallest absolute Gasteiger partial charge is 1.00 e. The minimum atomic E-state index is -0.243. The van der Waals surface area contributed by atoms with Gasteiger partial charge in [0.1, 0.15) is 0 Å². The Kier molecular flexibility index (Phi) is 15.9. The van der Waals surface area contributed by atoms with Gasteiger partial charge in [0.15, 0.2) is 0 Å². The normalized spacial score (nSPS) is 12.9. The Balaban J connectivity index is 0.000000415. The summed E-state index contributed by atoms with van der Waals surface area (Å²) in [5, 5.41) is 0. The summed E-state index contributed by atoms with van der Waals surface area (Å²) in [7, 11) is -0.243. The van der Waals surface area contributed by atoms with Gasteiger partial charge in [0.05, 0.1) is 0 Å². The van der Waals surface area contributed by atoms with Gasteiger partial charge in [-0.15, -0.1) is 24.0 Å². The van der Waals surface area contributed by atoms with Gasteiger partial charge in [-0.05, 0) is 0 Å². The fourth-order valence-electron chi connectivity index (χ4n) is 2.46. The number of allylic oxidation sites excluding steroid dienone is 8. The molecule has 0 heterocycles. The molecule has 2 aromatic rings. The molecule has 0 nitrogen and oxygen atoms in total. The summed E-state index contributed by atoms with van der Waals surface area (Å²) in [6, 6.07) is 20.8. The monoisotopic (exact) mass is 546 g/mol. The fraction of sp³-hybridized carbons (Fsp3) is 0.167. The van der Waals surface area contributed by atoms with E-state index < -0.39 is 0 Å². The van der Waals surface area contributed by atoms with Crippen molar-refractivity contribution in [3.05, 3.63) is 108 Å². The van der Waals surface area contributed by atoms with Crippen molar-refractivity contribution in [2.24, 2.45) is 0 Å². The summed E-state index contributed by atoms with van der Waals surface area (Å²) in [5.74, 6) is 4.75. The molecule has 0 N–H and O–H groups in total. The van der Waals surface area contributed by atoms with Crippen LogP contribution >= 0.6 is 0 Å². The number of hydrogen-bond acceptors (Lipinski definition) is 0. The first-order chi connectivity index (χ1) is 12.7. The zero-order valence-electron chi connectivity index (χ0n) is 16.3. The van der Waals surface area contributed by atoms with Gasteiger partial charge in [-0.1, -0.05) is 60.7 Å². The van der Waals surface area contributed by atoms with Crippen LogP contribution in [0, 0.1) is 12.2 Å². The second-order valence-corrected chi connectivity index (χ2v) is 23.1. The summed E-state index contributed by atoms with van der Waals surface area (Å²) in [6.07, 6.45) is 16.7. The third-order valence-electron chi connectivity index (χ3n) is 3.61. The van der Waals surface area contributed by atoms with Gasteiger partial charge in [-0.25, -0.2) is 12.2 Å². The molecule has 0 unspecified atom stereocenters. The van der Waals surface area contributed by atoms with Crippen LogP contribution in [0.2, 0.25) is 11.5 Å². The molecule has 0 amide bonds. The predicted molar refractivity (Wildman–Crippen MR) is 111 cm³/mol. The molecular formula is C24H24Cl2GeZr-2. The number of benzene rings is 2. The topological polar surface area (TPSA) is 0 Å². The Labute approximate surface area is 198 Å². The maximum atomic E-state index is 3.15. The molecule has 0 aromatic heterocycles. The number of rotatable bonds is 2. The molecule has 0 atom stereocenters. The van der Waals surface area contributed by atoms with E-state index in [0.717, 1.165) is 12.8 Å². The van der Waals surface area contributed by atoms with Crippen molar-refractivity contribution < 1.29 is 46.4 Å². The molecule has 0 bridgehead atoms. The zero-order chi connectivity index (χ0) is 18.6. The second kappa shape index (κ2) is 16.2. The molecule has 2 aliphatic carbocycles. The van der Waals surface area contributed by atoms with E-state index in [4.69, 9.17) is 0 Å². The first-order valence-electron chi connectivity index (χ1n) is 8.83. The predicted octanol–water partition coefficient (Wildman–Crippen LogP) is 0.458. The maximum absolute atomic E-state index is 3.15. The molecule has 0 spiro atoms. The third-order valence-corrected chi connectivity index (χ3v) is 3.61. The van der Waals surface area contributed by atoms with E-state index in [9.17, 15) is 0 Å². The number of hydrogen-bond donors (Lipinski definition) is 0. The molecule has 0 radical (unpaired) electrons. The van der Waals surface area contributed by atoms with Gasteiger partial charge in [0, 0.05) is 0 Å². The Morgan fingerprint density at radius 1 is 0.679 bits per heavy atom. The van der Waals surface area contributed by atoms with Gasteiger partial charge >= 0.3 is 43.1 Å². The number of halogens is 2. The van der Waals surface area contributed by atoms with E-state index in [1.54, 1.807) is 21.6 Å². The van der Waals surface area contributed by atoms with Crippen LogP contribution in [0.15, 0.2) is 85.0 Å². The van der Waals surface area contributed by atoms with Crippen LogP contribution in [0.5, 0.6) is 0 Å². The van der Waals surface area contributed by atoms with E-state index in [1.165, 1.54) is 22.3 Å². The average molecular weight is 547 g/mol. The summed E-state index contributed by atoms with van der Waals surface area (Å²) in [5.41, 5.74) is 5.17. The van der Waals surface area contributed by atoms with Crippen LogP contribution in [0.3, 0.4) is 0 Å². The average Bonchev–Trinajstić information content (AvgIpc) is 3.37. The molecule has 0 aliphatic heterocycles. The molecular weight excluding hydrogens is 523 g/mol. The molecule has 4 rings (SSSR count). The Hall–Kier alpha value is -0.594. The van der Waals surface area contributed by atoms with E-state index in [-0.39, 0.29) is 34.8 Å². The standard InChI is InChI=1S/2C11H9.C2H6Ge.2ClH.Zr/c2*1-2-6-10(7-3-1)11-8-4-5-9-11;1-3-2;;;/h2*1-3,6-9H,4H2;1-2H3;2*1H;/q2*-1;;;;+2/p-2. The van der Waals surface area contributed by atoms with Gasteiger partial charge in [0.25, 0.3) is 0 Å². The minimum Gasteiger partial charge on any atom is -1.00 e. The van der Waals surface area contributed by atoms with Crippen LogP contribution < -0.4 is 24.8 Å². The summed E-state index contributed by atoms with van der Waals surface area (Å²) in [6.45, 7) is 0. The summed E-state index contributed by atoms with van der Waals surface area (Å²) < 4.78 is 0. The van der Waals surface area contributed by atoms with Crippen molar-refractivity contribution >= 4 is 21.1 Å². The van der Waals surface area contributed by atoms with Crippen LogP contribution in [0.25, 0.3) is 11.1 Å². The first kappa shape index (κ1) is 27.4. The quantitative estimate of drug-likeness (QED) is 0.379. The van der Waals surface area contributed by atoms with Crippen molar-refractivity contribution in [1.29, 1.82) is 0 Å². The van der Waals surface area contributed by atoms with Crippen LogP contribution in [-0.4, -0.2) is 9.98 Å². The van der Waals surface area contributed by atoms with Crippen molar-refractivity contribution in [2.75, 3.05) is 0 Å². The SMILES string of the molecule is [C-]1=CC(c2ccccc2)=CC1.[C-]1=CC(c2ccccc2)=CC1.[CH3][Ge]([CH3])=[Zr+2].[Cl-].[Cl-]. The molecule has 0 saturated heterocycles. The molecule has 0 fully saturated rings. The largest absolute Gasteiger partial charge is 1.00 e. The Bertz CT molecular complexity index is 753.